The fourth-order valence-electron chi connectivity index (χ4n) is 3.61. The minimum absolute atomic E-state index is 0.177. The van der Waals surface area contributed by atoms with Crippen LogP contribution in [0, 0.1) is 6.92 Å². The molecule has 0 spiro atoms. The Morgan fingerprint density at radius 1 is 1.30 bits per heavy atom. The second kappa shape index (κ2) is 7.40. The van der Waals surface area contributed by atoms with Crippen LogP contribution >= 0.6 is 12.8 Å². The number of ether oxygens (including phenoxy) is 1. The van der Waals surface area contributed by atoms with Gasteiger partial charge in [-0.3, -0.25) is 8.65 Å². The average molecular weight is 388 g/mol. The van der Waals surface area contributed by atoms with Gasteiger partial charge in [0.1, 0.15) is 0 Å². The molecule has 144 valence electrons. The number of fused-ring (bicyclic) bond motifs is 1. The van der Waals surface area contributed by atoms with Gasteiger partial charge in [0.2, 0.25) is 11.8 Å². The molecule has 1 fully saturated rings. The third-order valence-corrected chi connectivity index (χ3v) is 5.40. The number of anilines is 2. The second-order valence-corrected chi connectivity index (χ2v) is 7.29. The van der Waals surface area contributed by atoms with E-state index in [9.17, 15) is 5.11 Å². The number of hydrogen-bond donors (Lipinski definition) is 3. The topological polar surface area (TPSA) is 90.0 Å². The van der Waals surface area contributed by atoms with E-state index >= 15 is 0 Å². The molecule has 1 aliphatic rings. The quantitative estimate of drug-likeness (QED) is 0.582. The maximum atomic E-state index is 9.73. The van der Waals surface area contributed by atoms with Gasteiger partial charge < -0.3 is 15.2 Å². The Balaban J connectivity index is 1.62. The summed E-state index contributed by atoms with van der Waals surface area (Å²) in [6.45, 7) is 4.48. The molecular weight excluding hydrogens is 364 g/mol. The van der Waals surface area contributed by atoms with E-state index in [0.29, 0.717) is 30.1 Å². The zero-order valence-corrected chi connectivity index (χ0v) is 16.4. The lowest BCUT2D eigenvalue weighted by molar-refractivity contribution is 0.107. The summed E-state index contributed by atoms with van der Waals surface area (Å²) in [5, 5.41) is 18.4. The summed E-state index contributed by atoms with van der Waals surface area (Å²) >= 11 is 4.40. The third-order valence-electron chi connectivity index (χ3n) is 5.07. The number of aliphatic hydroxyl groups excluding tert-OH is 1. The molecule has 4 rings (SSSR count). The zero-order valence-electron chi connectivity index (χ0n) is 15.5. The summed E-state index contributed by atoms with van der Waals surface area (Å²) in [7, 11) is 0. The first-order valence-corrected chi connectivity index (χ1v) is 9.67. The Kier molecular flexibility index (Phi) is 4.96. The van der Waals surface area contributed by atoms with Crippen molar-refractivity contribution in [2.75, 3.05) is 11.9 Å². The number of nitrogens with one attached hydrogen (secondary N) is 1. The number of hydrogen-bond acceptors (Lipinski definition) is 7. The highest BCUT2D eigenvalue weighted by Crippen LogP contribution is 2.32. The van der Waals surface area contributed by atoms with Crippen LogP contribution in [0.25, 0.3) is 11.0 Å². The van der Waals surface area contributed by atoms with Gasteiger partial charge in [0.15, 0.2) is 5.65 Å². The molecule has 27 heavy (non-hydrogen) atoms. The highest BCUT2D eigenvalue weighted by molar-refractivity contribution is 7.78. The lowest BCUT2D eigenvalue weighted by atomic mass is 9.93. The number of nitrogens with zero attached hydrogens (tertiary/aromatic N) is 5. The van der Waals surface area contributed by atoms with Crippen molar-refractivity contribution in [2.45, 2.75) is 51.7 Å². The Morgan fingerprint density at radius 3 is 2.81 bits per heavy atom. The molecule has 0 radical (unpaired) electrons. The van der Waals surface area contributed by atoms with Crippen molar-refractivity contribution >= 4 is 35.5 Å². The molecule has 3 heterocycles. The summed E-state index contributed by atoms with van der Waals surface area (Å²) in [5.74, 6) is 0.978. The van der Waals surface area contributed by atoms with E-state index in [2.05, 4.69) is 33.2 Å². The first-order chi connectivity index (χ1) is 13.1. The standard InChI is InChI=1S/C18H24N6O2S/c1-3-26-17-14-8-9-23(27)16(14)21-18(22-17)20-15-10-19-24(11(15)2)12-4-6-13(25)7-5-12/h8-10,12-13,25,27H,3-7H2,1-2H3,(H,20,21,22). The van der Waals surface area contributed by atoms with Crippen LogP contribution in [0.1, 0.15) is 44.3 Å². The van der Waals surface area contributed by atoms with Crippen molar-refractivity contribution in [1.29, 1.82) is 0 Å². The van der Waals surface area contributed by atoms with Crippen molar-refractivity contribution in [3.8, 4) is 5.88 Å². The average Bonchev–Trinajstić information content (AvgIpc) is 3.20. The van der Waals surface area contributed by atoms with Crippen LogP contribution in [0.15, 0.2) is 18.5 Å². The van der Waals surface area contributed by atoms with Gasteiger partial charge in [-0.15, -0.1) is 0 Å². The fraction of sp³-hybridized carbons (Fsp3) is 0.500. The van der Waals surface area contributed by atoms with Gasteiger partial charge >= 0.3 is 0 Å². The number of aromatic nitrogens is 5. The number of aliphatic hydroxyl groups is 1. The minimum Gasteiger partial charge on any atom is -0.477 e. The maximum Gasteiger partial charge on any atom is 0.232 e. The molecule has 3 aromatic rings. The molecule has 1 saturated carbocycles. The van der Waals surface area contributed by atoms with E-state index < -0.39 is 0 Å². The molecule has 8 nitrogen and oxygen atoms in total. The van der Waals surface area contributed by atoms with Crippen molar-refractivity contribution < 1.29 is 9.84 Å². The van der Waals surface area contributed by atoms with Gasteiger partial charge in [-0.05, 0) is 45.6 Å². The van der Waals surface area contributed by atoms with Crippen LogP contribution in [-0.2, 0) is 0 Å². The van der Waals surface area contributed by atoms with E-state index in [0.717, 1.165) is 42.5 Å². The smallest absolute Gasteiger partial charge is 0.232 e. The molecule has 9 heteroatoms. The van der Waals surface area contributed by atoms with E-state index in [1.807, 2.05) is 30.8 Å². The summed E-state index contributed by atoms with van der Waals surface area (Å²) in [5.41, 5.74) is 2.57. The largest absolute Gasteiger partial charge is 0.477 e. The molecule has 1 aliphatic carbocycles. The van der Waals surface area contributed by atoms with Gasteiger partial charge in [0.05, 0.1) is 41.7 Å². The Morgan fingerprint density at radius 2 is 2.07 bits per heavy atom. The first-order valence-electron chi connectivity index (χ1n) is 9.27. The van der Waals surface area contributed by atoms with Crippen LogP contribution in [0.5, 0.6) is 5.88 Å². The van der Waals surface area contributed by atoms with Gasteiger partial charge in [-0.2, -0.15) is 15.1 Å². The van der Waals surface area contributed by atoms with Gasteiger partial charge in [0, 0.05) is 6.20 Å². The monoisotopic (exact) mass is 388 g/mol. The minimum atomic E-state index is -0.177. The predicted molar refractivity (Wildman–Crippen MR) is 107 cm³/mol. The highest BCUT2D eigenvalue weighted by Gasteiger charge is 2.23. The first kappa shape index (κ1) is 18.1. The van der Waals surface area contributed by atoms with Gasteiger partial charge in [0.25, 0.3) is 0 Å². The highest BCUT2D eigenvalue weighted by atomic mass is 32.1. The van der Waals surface area contributed by atoms with Crippen LogP contribution in [0.3, 0.4) is 0 Å². The number of thiol groups is 1. The third kappa shape index (κ3) is 3.49. The van der Waals surface area contributed by atoms with Crippen LogP contribution in [-0.4, -0.2) is 41.5 Å². The molecule has 3 aromatic heterocycles. The molecular formula is C18H24N6O2S. The summed E-state index contributed by atoms with van der Waals surface area (Å²) < 4.78 is 9.35. The molecule has 2 N–H and O–H groups in total. The summed E-state index contributed by atoms with van der Waals surface area (Å²) in [6, 6.07) is 2.21. The molecule has 0 saturated heterocycles. The molecule has 0 amide bonds. The van der Waals surface area contributed by atoms with Crippen LogP contribution in [0.2, 0.25) is 0 Å². The SMILES string of the molecule is CCOc1nc(Nc2cnn(C3CCC(O)CC3)c2C)nc2c1ccn2S. The van der Waals surface area contributed by atoms with Gasteiger partial charge in [-0.25, -0.2) is 0 Å². The molecule has 0 aromatic carbocycles. The lowest BCUT2D eigenvalue weighted by Gasteiger charge is -2.26. The van der Waals surface area contributed by atoms with Crippen molar-refractivity contribution in [3.63, 3.8) is 0 Å². The lowest BCUT2D eigenvalue weighted by Crippen LogP contribution is -2.22. The van der Waals surface area contributed by atoms with E-state index in [4.69, 9.17) is 4.74 Å². The molecule has 0 aliphatic heterocycles. The predicted octanol–water partition coefficient (Wildman–Crippen LogP) is 3.25. The summed E-state index contributed by atoms with van der Waals surface area (Å²) in [4.78, 5) is 9.07. The van der Waals surface area contributed by atoms with Crippen molar-refractivity contribution in [2.24, 2.45) is 0 Å². The Labute approximate surface area is 163 Å². The molecule has 0 bridgehead atoms. The van der Waals surface area contributed by atoms with Crippen LogP contribution in [0.4, 0.5) is 11.6 Å². The fourth-order valence-corrected chi connectivity index (χ4v) is 3.83. The van der Waals surface area contributed by atoms with Crippen LogP contribution < -0.4 is 10.1 Å². The van der Waals surface area contributed by atoms with E-state index in [-0.39, 0.29) is 6.10 Å². The zero-order chi connectivity index (χ0) is 19.0. The Hall–Kier alpha value is -2.26. The van der Waals surface area contributed by atoms with Crippen molar-refractivity contribution in [3.05, 3.63) is 24.2 Å². The van der Waals surface area contributed by atoms with Gasteiger partial charge in [-0.1, -0.05) is 12.8 Å². The van der Waals surface area contributed by atoms with E-state index in [1.165, 1.54) is 0 Å². The second-order valence-electron chi connectivity index (χ2n) is 6.86. The van der Waals surface area contributed by atoms with Crippen molar-refractivity contribution in [1.82, 2.24) is 23.7 Å². The summed E-state index contributed by atoms with van der Waals surface area (Å²) in [6.07, 6.45) is 6.96. The Bertz CT molecular complexity index is 945. The normalized spacial score (nSPS) is 20.1. The number of rotatable bonds is 5. The molecule has 0 atom stereocenters. The molecule has 0 unspecified atom stereocenters. The van der Waals surface area contributed by atoms with E-state index in [1.54, 1.807) is 10.2 Å². The maximum absolute atomic E-state index is 9.73.